The Morgan fingerprint density at radius 1 is 1.03 bits per heavy atom. The summed E-state index contributed by atoms with van der Waals surface area (Å²) >= 11 is 1.87. The highest BCUT2D eigenvalue weighted by molar-refractivity contribution is 8.00. The second kappa shape index (κ2) is 8.74. The predicted octanol–water partition coefficient (Wildman–Crippen LogP) is 4.99. The van der Waals surface area contributed by atoms with Gasteiger partial charge in [0.05, 0.1) is 0 Å². The second-order valence-corrected chi connectivity index (χ2v) is 8.65. The topological polar surface area (TPSA) is 46.1 Å². The van der Waals surface area contributed by atoms with E-state index in [0.29, 0.717) is 35.0 Å². The minimum Gasteiger partial charge on any atom is -0.339 e. The maximum atomic E-state index is 14.2. The van der Waals surface area contributed by atoms with Crippen LogP contribution in [0, 0.1) is 12.7 Å². The molecule has 0 saturated carbocycles. The molecular formula is C23H22FN3OS. The number of halogens is 1. The third kappa shape index (κ3) is 4.82. The molecule has 1 aliphatic heterocycles. The van der Waals surface area contributed by atoms with E-state index in [9.17, 15) is 9.18 Å². The van der Waals surface area contributed by atoms with Gasteiger partial charge in [-0.05, 0) is 55.7 Å². The van der Waals surface area contributed by atoms with Gasteiger partial charge in [-0.25, -0.2) is 14.4 Å². The van der Waals surface area contributed by atoms with Gasteiger partial charge in [0.1, 0.15) is 12.1 Å². The molecular weight excluding hydrogens is 385 g/mol. The molecule has 1 aromatic heterocycles. The van der Waals surface area contributed by atoms with Crippen LogP contribution in [0.5, 0.6) is 0 Å². The Kier molecular flexibility index (Phi) is 5.90. The highest BCUT2D eigenvalue weighted by Crippen LogP contribution is 2.31. The number of benzene rings is 2. The molecule has 29 heavy (non-hydrogen) atoms. The molecule has 0 radical (unpaired) electrons. The van der Waals surface area contributed by atoms with E-state index in [-0.39, 0.29) is 5.91 Å². The molecule has 1 aliphatic rings. The normalized spacial score (nSPS) is 14.8. The summed E-state index contributed by atoms with van der Waals surface area (Å²) in [6.07, 6.45) is 6.51. The summed E-state index contributed by atoms with van der Waals surface area (Å²) in [5.74, 6) is -0.555. The maximum absolute atomic E-state index is 14.2. The number of hydrogen-bond acceptors (Lipinski definition) is 4. The average Bonchev–Trinajstić information content (AvgIpc) is 2.75. The SMILES string of the molecule is Cc1ccc(SC2CCN(C(=O)c3cc(F)cc(-c4cncnc4)c3)CC2)cc1. The van der Waals surface area contributed by atoms with E-state index in [0.717, 1.165) is 12.8 Å². The molecule has 148 valence electrons. The number of rotatable bonds is 4. The van der Waals surface area contributed by atoms with Crippen molar-refractivity contribution in [2.75, 3.05) is 13.1 Å². The summed E-state index contributed by atoms with van der Waals surface area (Å²) in [7, 11) is 0. The number of nitrogens with zero attached hydrogens (tertiary/aromatic N) is 3. The number of hydrogen-bond donors (Lipinski definition) is 0. The van der Waals surface area contributed by atoms with Crippen LogP contribution < -0.4 is 0 Å². The number of aromatic nitrogens is 2. The standard InChI is InChI=1S/C23H22FN3OS/c1-16-2-4-21(5-3-16)29-22-6-8-27(9-7-22)23(28)18-10-17(11-20(24)12-18)19-13-25-15-26-14-19/h2-5,10-15,22H,6-9H2,1H3. The van der Waals surface area contributed by atoms with Gasteiger partial charge in [0.2, 0.25) is 0 Å². The van der Waals surface area contributed by atoms with Crippen LogP contribution in [-0.4, -0.2) is 39.1 Å². The molecule has 0 aliphatic carbocycles. The van der Waals surface area contributed by atoms with Crippen LogP contribution in [0.15, 0.2) is 66.1 Å². The number of thioether (sulfide) groups is 1. The van der Waals surface area contributed by atoms with Gasteiger partial charge >= 0.3 is 0 Å². The molecule has 6 heteroatoms. The molecule has 0 atom stereocenters. The third-order valence-corrected chi connectivity index (χ3v) is 6.44. The van der Waals surface area contributed by atoms with Crippen molar-refractivity contribution < 1.29 is 9.18 Å². The summed E-state index contributed by atoms with van der Waals surface area (Å²) in [4.78, 5) is 24.0. The summed E-state index contributed by atoms with van der Waals surface area (Å²) < 4.78 is 14.2. The lowest BCUT2D eigenvalue weighted by molar-refractivity contribution is 0.0727. The van der Waals surface area contributed by atoms with Crippen LogP contribution in [-0.2, 0) is 0 Å². The van der Waals surface area contributed by atoms with Gasteiger partial charge in [-0.2, -0.15) is 0 Å². The molecule has 2 heterocycles. The van der Waals surface area contributed by atoms with Gasteiger partial charge in [-0.1, -0.05) is 17.7 Å². The Balaban J connectivity index is 1.42. The van der Waals surface area contributed by atoms with E-state index in [1.54, 1.807) is 18.5 Å². The molecule has 4 nitrogen and oxygen atoms in total. The van der Waals surface area contributed by atoms with Gasteiger partial charge in [0.15, 0.2) is 0 Å². The lowest BCUT2D eigenvalue weighted by Crippen LogP contribution is -2.39. The Bertz CT molecular complexity index is 987. The van der Waals surface area contributed by atoms with Crippen molar-refractivity contribution >= 4 is 17.7 Å². The number of piperidine rings is 1. The summed E-state index contributed by atoms with van der Waals surface area (Å²) in [6.45, 7) is 3.45. The van der Waals surface area contributed by atoms with Crippen molar-refractivity contribution in [1.82, 2.24) is 14.9 Å². The summed E-state index contributed by atoms with van der Waals surface area (Å²) in [6, 6.07) is 13.0. The van der Waals surface area contributed by atoms with E-state index in [2.05, 4.69) is 41.2 Å². The third-order valence-electron chi connectivity index (χ3n) is 5.09. The molecule has 0 N–H and O–H groups in total. The van der Waals surface area contributed by atoms with Crippen molar-refractivity contribution in [3.63, 3.8) is 0 Å². The first-order valence-corrected chi connectivity index (χ1v) is 10.5. The molecule has 0 spiro atoms. The van der Waals surface area contributed by atoms with Crippen molar-refractivity contribution in [3.05, 3.63) is 78.1 Å². The fourth-order valence-electron chi connectivity index (χ4n) is 3.50. The van der Waals surface area contributed by atoms with E-state index >= 15 is 0 Å². The zero-order valence-corrected chi connectivity index (χ0v) is 17.0. The predicted molar refractivity (Wildman–Crippen MR) is 113 cm³/mol. The molecule has 4 rings (SSSR count). The zero-order chi connectivity index (χ0) is 20.2. The van der Waals surface area contributed by atoms with Gasteiger partial charge in [-0.15, -0.1) is 11.8 Å². The Hall–Kier alpha value is -2.73. The largest absolute Gasteiger partial charge is 0.339 e. The van der Waals surface area contributed by atoms with E-state index in [4.69, 9.17) is 0 Å². The van der Waals surface area contributed by atoms with Crippen LogP contribution in [0.2, 0.25) is 0 Å². The molecule has 3 aromatic rings. The van der Waals surface area contributed by atoms with Gasteiger partial charge < -0.3 is 4.90 Å². The quantitative estimate of drug-likeness (QED) is 0.611. The van der Waals surface area contributed by atoms with Crippen molar-refractivity contribution in [2.45, 2.75) is 29.9 Å². The number of carbonyl (C=O) groups excluding carboxylic acids is 1. The number of likely N-dealkylation sites (tertiary alicyclic amines) is 1. The number of aryl methyl sites for hydroxylation is 1. The highest BCUT2D eigenvalue weighted by atomic mass is 32.2. The summed E-state index contributed by atoms with van der Waals surface area (Å²) in [5.41, 5.74) is 2.92. The maximum Gasteiger partial charge on any atom is 0.253 e. The molecule has 1 amide bonds. The smallest absolute Gasteiger partial charge is 0.253 e. The molecule has 1 fully saturated rings. The molecule has 0 bridgehead atoms. The lowest BCUT2D eigenvalue weighted by atomic mass is 10.0. The van der Waals surface area contributed by atoms with Gasteiger partial charge in [-0.3, -0.25) is 4.79 Å². The first-order valence-electron chi connectivity index (χ1n) is 9.67. The molecule has 1 saturated heterocycles. The van der Waals surface area contributed by atoms with E-state index in [1.807, 2.05) is 16.7 Å². The van der Waals surface area contributed by atoms with Crippen LogP contribution in [0.3, 0.4) is 0 Å². The summed E-state index contributed by atoms with van der Waals surface area (Å²) in [5, 5.41) is 0.492. The van der Waals surface area contributed by atoms with Crippen molar-refractivity contribution in [3.8, 4) is 11.1 Å². The monoisotopic (exact) mass is 407 g/mol. The van der Waals surface area contributed by atoms with E-state index < -0.39 is 5.82 Å². The Labute approximate surface area is 174 Å². The van der Waals surface area contributed by atoms with Crippen molar-refractivity contribution in [1.29, 1.82) is 0 Å². The highest BCUT2D eigenvalue weighted by Gasteiger charge is 2.25. The Morgan fingerprint density at radius 3 is 2.41 bits per heavy atom. The zero-order valence-electron chi connectivity index (χ0n) is 16.2. The first kappa shape index (κ1) is 19.6. The minimum absolute atomic E-state index is 0.124. The molecule has 2 aromatic carbocycles. The van der Waals surface area contributed by atoms with Crippen molar-refractivity contribution in [2.24, 2.45) is 0 Å². The minimum atomic E-state index is -0.431. The lowest BCUT2D eigenvalue weighted by Gasteiger charge is -2.32. The Morgan fingerprint density at radius 2 is 1.72 bits per heavy atom. The second-order valence-electron chi connectivity index (χ2n) is 7.28. The van der Waals surface area contributed by atoms with Gasteiger partial charge in [0.25, 0.3) is 5.91 Å². The first-order chi connectivity index (χ1) is 14.1. The number of amides is 1. The average molecular weight is 408 g/mol. The molecule has 0 unspecified atom stereocenters. The van der Waals surface area contributed by atoms with Crippen LogP contribution in [0.25, 0.3) is 11.1 Å². The van der Waals surface area contributed by atoms with Crippen LogP contribution in [0.4, 0.5) is 4.39 Å². The van der Waals surface area contributed by atoms with Crippen LogP contribution in [0.1, 0.15) is 28.8 Å². The number of carbonyl (C=O) groups is 1. The van der Waals surface area contributed by atoms with E-state index in [1.165, 1.54) is 28.9 Å². The fourth-order valence-corrected chi connectivity index (χ4v) is 4.62. The van der Waals surface area contributed by atoms with Crippen LogP contribution >= 0.6 is 11.8 Å². The fraction of sp³-hybridized carbons (Fsp3) is 0.261. The van der Waals surface area contributed by atoms with Gasteiger partial charge in [0, 0.05) is 46.8 Å².